The third-order valence-electron chi connectivity index (χ3n) is 3.86. The summed E-state index contributed by atoms with van der Waals surface area (Å²) in [5, 5.41) is 9.84. The van der Waals surface area contributed by atoms with Crippen molar-refractivity contribution < 1.29 is 9.90 Å². The van der Waals surface area contributed by atoms with Crippen molar-refractivity contribution in [2.24, 2.45) is 5.92 Å². The lowest BCUT2D eigenvalue weighted by atomic mass is 9.95. The molecule has 5 heteroatoms. The van der Waals surface area contributed by atoms with Crippen molar-refractivity contribution in [3.05, 3.63) is 23.8 Å². The van der Waals surface area contributed by atoms with Gasteiger partial charge in [0.2, 0.25) is 0 Å². The van der Waals surface area contributed by atoms with E-state index in [1.807, 2.05) is 13.0 Å². The molecule has 0 aromatic heterocycles. The molecule has 2 rings (SSSR count). The van der Waals surface area contributed by atoms with Crippen molar-refractivity contribution in [3.8, 4) is 0 Å². The summed E-state index contributed by atoms with van der Waals surface area (Å²) in [7, 11) is 3.48. The van der Waals surface area contributed by atoms with Gasteiger partial charge in [-0.25, -0.2) is 0 Å². The van der Waals surface area contributed by atoms with Crippen LogP contribution >= 0.6 is 0 Å². The number of nitrogens with zero attached hydrogens (tertiary/aromatic N) is 2. The van der Waals surface area contributed by atoms with Crippen LogP contribution in [-0.4, -0.2) is 49.2 Å². The van der Waals surface area contributed by atoms with Crippen LogP contribution in [-0.2, 0) is 0 Å². The van der Waals surface area contributed by atoms with E-state index in [0.717, 1.165) is 18.8 Å². The summed E-state index contributed by atoms with van der Waals surface area (Å²) in [6.07, 6.45) is 0.450. The molecule has 3 N–H and O–H groups in total. The second-order valence-electron chi connectivity index (χ2n) is 5.76. The maximum absolute atomic E-state index is 12.3. The molecule has 1 aliphatic heterocycles. The minimum atomic E-state index is -0.264. The first-order valence-electron chi connectivity index (χ1n) is 6.94. The Hall–Kier alpha value is -1.75. The van der Waals surface area contributed by atoms with Crippen LogP contribution in [0.3, 0.4) is 0 Å². The van der Waals surface area contributed by atoms with Crippen LogP contribution in [0.15, 0.2) is 18.2 Å². The van der Waals surface area contributed by atoms with Crippen molar-refractivity contribution in [3.63, 3.8) is 0 Å². The molecule has 1 heterocycles. The maximum Gasteiger partial charge on any atom is 0.255 e. The lowest BCUT2D eigenvalue weighted by Crippen LogP contribution is -2.42. The Labute approximate surface area is 120 Å². The van der Waals surface area contributed by atoms with E-state index in [9.17, 15) is 9.90 Å². The number of nitrogen functional groups attached to an aromatic ring is 1. The van der Waals surface area contributed by atoms with Crippen LogP contribution in [0.1, 0.15) is 23.7 Å². The average Bonchev–Trinajstić information content (AvgIpc) is 2.41. The Bertz CT molecular complexity index is 502. The van der Waals surface area contributed by atoms with Gasteiger partial charge in [0.1, 0.15) is 0 Å². The number of amides is 1. The van der Waals surface area contributed by atoms with Gasteiger partial charge in [0.25, 0.3) is 5.91 Å². The molecule has 1 aromatic rings. The molecule has 2 unspecified atom stereocenters. The number of rotatable bonds is 2. The normalized spacial score (nSPS) is 22.7. The van der Waals surface area contributed by atoms with Crippen molar-refractivity contribution in [2.45, 2.75) is 19.4 Å². The Balaban J connectivity index is 2.35. The maximum atomic E-state index is 12.3. The number of carbonyl (C=O) groups is 1. The molecule has 1 amide bonds. The summed E-state index contributed by atoms with van der Waals surface area (Å²) in [5.41, 5.74) is 8.04. The number of benzene rings is 1. The summed E-state index contributed by atoms with van der Waals surface area (Å²) >= 11 is 0. The lowest BCUT2D eigenvalue weighted by molar-refractivity contribution is 0.0826. The molecule has 2 atom stereocenters. The summed E-state index contributed by atoms with van der Waals surface area (Å²) in [4.78, 5) is 16.0. The molecule has 110 valence electrons. The molecule has 0 radical (unpaired) electrons. The number of nitrogens with two attached hydrogens (primary N) is 1. The van der Waals surface area contributed by atoms with E-state index < -0.39 is 0 Å². The molecule has 0 aliphatic carbocycles. The van der Waals surface area contributed by atoms with Crippen LogP contribution in [0.2, 0.25) is 0 Å². The first-order valence-corrected chi connectivity index (χ1v) is 6.94. The summed E-state index contributed by atoms with van der Waals surface area (Å²) in [5.74, 6) is 0.159. The lowest BCUT2D eigenvalue weighted by Gasteiger charge is -2.37. The van der Waals surface area contributed by atoms with E-state index in [-0.39, 0.29) is 17.9 Å². The van der Waals surface area contributed by atoms with Crippen molar-refractivity contribution in [1.82, 2.24) is 4.90 Å². The zero-order valence-corrected chi connectivity index (χ0v) is 12.3. The minimum absolute atomic E-state index is 0.0289. The standard InChI is InChI=1S/C15H23N3O2/c1-10-9-18(7-6-14(10)19)13-8-11(16)4-5-12(13)15(20)17(2)3/h4-5,8,10,14,19H,6-7,9,16H2,1-3H3. The number of aliphatic hydroxyl groups is 1. The second kappa shape index (κ2) is 5.71. The molecule has 0 bridgehead atoms. The molecule has 1 aliphatic rings. The van der Waals surface area contributed by atoms with Crippen LogP contribution in [0, 0.1) is 5.92 Å². The molecular formula is C15H23N3O2. The second-order valence-corrected chi connectivity index (χ2v) is 5.76. The monoisotopic (exact) mass is 277 g/mol. The first-order chi connectivity index (χ1) is 9.40. The summed E-state index contributed by atoms with van der Waals surface area (Å²) in [6.45, 7) is 3.50. The number of hydrogen-bond acceptors (Lipinski definition) is 4. The van der Waals surface area contributed by atoms with Gasteiger partial charge >= 0.3 is 0 Å². The van der Waals surface area contributed by atoms with Gasteiger partial charge in [0.15, 0.2) is 0 Å². The fraction of sp³-hybridized carbons (Fsp3) is 0.533. The van der Waals surface area contributed by atoms with E-state index in [4.69, 9.17) is 5.73 Å². The summed E-state index contributed by atoms with van der Waals surface area (Å²) in [6, 6.07) is 5.38. The van der Waals surface area contributed by atoms with Crippen LogP contribution < -0.4 is 10.6 Å². The van der Waals surface area contributed by atoms with Crippen LogP contribution in [0.4, 0.5) is 11.4 Å². The quantitative estimate of drug-likeness (QED) is 0.796. The van der Waals surface area contributed by atoms with E-state index in [0.29, 0.717) is 17.7 Å². The third kappa shape index (κ3) is 2.88. The zero-order chi connectivity index (χ0) is 14.9. The predicted octanol–water partition coefficient (Wildman–Crippen LogP) is 1.18. The smallest absolute Gasteiger partial charge is 0.255 e. The molecule has 1 saturated heterocycles. The highest BCUT2D eigenvalue weighted by Crippen LogP contribution is 2.29. The highest BCUT2D eigenvalue weighted by atomic mass is 16.3. The number of hydrogen-bond donors (Lipinski definition) is 2. The number of piperidine rings is 1. The molecule has 1 fully saturated rings. The largest absolute Gasteiger partial charge is 0.399 e. The fourth-order valence-corrected chi connectivity index (χ4v) is 2.58. The molecule has 0 spiro atoms. The van der Waals surface area contributed by atoms with E-state index in [1.54, 1.807) is 31.1 Å². The highest BCUT2D eigenvalue weighted by Gasteiger charge is 2.27. The Morgan fingerprint density at radius 3 is 2.75 bits per heavy atom. The van der Waals surface area contributed by atoms with E-state index in [2.05, 4.69) is 4.90 Å². The Kier molecular flexibility index (Phi) is 4.18. The van der Waals surface area contributed by atoms with Crippen molar-refractivity contribution in [2.75, 3.05) is 37.8 Å². The van der Waals surface area contributed by atoms with Gasteiger partial charge < -0.3 is 20.6 Å². The molecule has 0 saturated carbocycles. The molecule has 1 aromatic carbocycles. The molecular weight excluding hydrogens is 254 g/mol. The van der Waals surface area contributed by atoms with E-state index in [1.165, 1.54) is 0 Å². The average molecular weight is 277 g/mol. The topological polar surface area (TPSA) is 69.8 Å². The number of aliphatic hydroxyl groups excluding tert-OH is 1. The minimum Gasteiger partial charge on any atom is -0.399 e. The Morgan fingerprint density at radius 1 is 1.45 bits per heavy atom. The number of anilines is 2. The van der Waals surface area contributed by atoms with Gasteiger partial charge in [-0.2, -0.15) is 0 Å². The van der Waals surface area contributed by atoms with Gasteiger partial charge in [-0.1, -0.05) is 6.92 Å². The van der Waals surface area contributed by atoms with E-state index >= 15 is 0 Å². The number of carbonyl (C=O) groups excluding carboxylic acids is 1. The van der Waals surface area contributed by atoms with Crippen molar-refractivity contribution in [1.29, 1.82) is 0 Å². The summed E-state index contributed by atoms with van der Waals surface area (Å²) < 4.78 is 0. The van der Waals surface area contributed by atoms with Crippen LogP contribution in [0.25, 0.3) is 0 Å². The van der Waals surface area contributed by atoms with Gasteiger partial charge in [-0.3, -0.25) is 4.79 Å². The SMILES string of the molecule is CC1CN(c2cc(N)ccc2C(=O)N(C)C)CCC1O. The third-order valence-corrected chi connectivity index (χ3v) is 3.86. The predicted molar refractivity (Wildman–Crippen MR) is 80.9 cm³/mol. The Morgan fingerprint density at radius 2 is 2.15 bits per heavy atom. The molecule has 20 heavy (non-hydrogen) atoms. The van der Waals surface area contributed by atoms with Crippen LogP contribution in [0.5, 0.6) is 0 Å². The van der Waals surface area contributed by atoms with Gasteiger partial charge in [0, 0.05) is 32.9 Å². The highest BCUT2D eigenvalue weighted by molar-refractivity contribution is 6.00. The van der Waals surface area contributed by atoms with Gasteiger partial charge in [0.05, 0.1) is 17.4 Å². The van der Waals surface area contributed by atoms with Crippen molar-refractivity contribution >= 4 is 17.3 Å². The zero-order valence-electron chi connectivity index (χ0n) is 12.3. The van der Waals surface area contributed by atoms with Gasteiger partial charge in [-0.15, -0.1) is 0 Å². The fourth-order valence-electron chi connectivity index (χ4n) is 2.58. The van der Waals surface area contributed by atoms with Gasteiger partial charge in [-0.05, 0) is 30.5 Å². The first kappa shape index (κ1) is 14.7. The molecule has 5 nitrogen and oxygen atoms in total.